The minimum atomic E-state index is -1.01. The van der Waals surface area contributed by atoms with Gasteiger partial charge in [0.15, 0.2) is 0 Å². The summed E-state index contributed by atoms with van der Waals surface area (Å²) in [7, 11) is 0. The first kappa shape index (κ1) is 29.1. The Morgan fingerprint density at radius 3 is 2.00 bits per heavy atom. The number of carbonyl (C=O) groups is 3. The van der Waals surface area contributed by atoms with Gasteiger partial charge in [-0.1, -0.05) is 73.5 Å². The highest BCUT2D eigenvalue weighted by Gasteiger charge is 2.32. The Kier molecular flexibility index (Phi) is 9.53. The second-order valence-corrected chi connectivity index (χ2v) is 10.3. The summed E-state index contributed by atoms with van der Waals surface area (Å²) in [4.78, 5) is 41.7. The van der Waals surface area contributed by atoms with Crippen molar-refractivity contribution in [1.82, 2.24) is 5.32 Å². The Bertz CT molecular complexity index is 1490. The number of furan rings is 1. The van der Waals surface area contributed by atoms with Crippen molar-refractivity contribution in [3.05, 3.63) is 131 Å². The Morgan fingerprint density at radius 2 is 1.41 bits per heavy atom. The Morgan fingerprint density at radius 1 is 0.805 bits per heavy atom. The maximum Gasteiger partial charge on any atom is 0.252 e. The largest absolute Gasteiger partial charge is 0.467 e. The molecule has 210 valence electrons. The number of rotatable bonds is 10. The molecule has 2 N–H and O–H groups in total. The molecule has 41 heavy (non-hydrogen) atoms. The van der Waals surface area contributed by atoms with Crippen LogP contribution in [0.5, 0.6) is 0 Å². The van der Waals surface area contributed by atoms with E-state index in [0.717, 1.165) is 16.7 Å². The van der Waals surface area contributed by atoms with Crippen LogP contribution >= 0.6 is 0 Å². The number of nitrogens with one attached hydrogen (secondary N) is 2. The number of aryl methyl sites for hydroxylation is 2. The van der Waals surface area contributed by atoms with Crippen LogP contribution in [0.25, 0.3) is 0 Å². The summed E-state index contributed by atoms with van der Waals surface area (Å²) in [6, 6.07) is 24.9. The van der Waals surface area contributed by atoms with Crippen molar-refractivity contribution in [1.29, 1.82) is 0 Å². The molecule has 4 aromatic rings. The number of nitrogens with zero attached hydrogens (tertiary/aromatic N) is 1. The second kappa shape index (κ2) is 13.4. The topological polar surface area (TPSA) is 91.7 Å². The minimum Gasteiger partial charge on any atom is -0.467 e. The molecule has 1 heterocycles. The van der Waals surface area contributed by atoms with E-state index >= 15 is 0 Å². The molecule has 1 aromatic heterocycles. The zero-order chi connectivity index (χ0) is 29.4. The Balaban J connectivity index is 1.69. The van der Waals surface area contributed by atoms with Crippen molar-refractivity contribution < 1.29 is 18.8 Å². The van der Waals surface area contributed by atoms with Crippen LogP contribution in [0.2, 0.25) is 0 Å². The fourth-order valence-corrected chi connectivity index (χ4v) is 4.32. The highest BCUT2D eigenvalue weighted by atomic mass is 16.3. The van der Waals surface area contributed by atoms with E-state index < -0.39 is 17.9 Å². The van der Waals surface area contributed by atoms with E-state index in [1.54, 1.807) is 24.3 Å². The van der Waals surface area contributed by atoms with E-state index in [-0.39, 0.29) is 12.5 Å². The molecule has 7 nitrogen and oxygen atoms in total. The molecule has 0 spiro atoms. The molecule has 0 saturated carbocycles. The second-order valence-electron chi connectivity index (χ2n) is 10.3. The lowest BCUT2D eigenvalue weighted by molar-refractivity contribution is -0.125. The predicted octanol–water partition coefficient (Wildman–Crippen LogP) is 6.61. The van der Waals surface area contributed by atoms with Gasteiger partial charge in [0.25, 0.3) is 5.91 Å². The molecule has 1 atom stereocenters. The fraction of sp³-hybridized carbons (Fsp3) is 0.206. The quantitative estimate of drug-likeness (QED) is 0.218. The van der Waals surface area contributed by atoms with Gasteiger partial charge in [-0.25, -0.2) is 0 Å². The molecule has 0 aliphatic heterocycles. The van der Waals surface area contributed by atoms with Crippen LogP contribution in [0.4, 0.5) is 11.4 Å². The summed E-state index contributed by atoms with van der Waals surface area (Å²) in [6.45, 7) is 8.26. The average Bonchev–Trinajstić information content (AvgIpc) is 3.49. The van der Waals surface area contributed by atoms with Crippen LogP contribution in [0.15, 0.2) is 108 Å². The molecule has 3 amide bonds. The van der Waals surface area contributed by atoms with Gasteiger partial charge < -0.3 is 15.1 Å². The van der Waals surface area contributed by atoms with Gasteiger partial charge in [-0.3, -0.25) is 19.3 Å². The van der Waals surface area contributed by atoms with Crippen molar-refractivity contribution >= 4 is 29.1 Å². The van der Waals surface area contributed by atoms with Crippen molar-refractivity contribution in [2.24, 2.45) is 0 Å². The smallest absolute Gasteiger partial charge is 0.252 e. The number of amides is 3. The molecule has 0 aliphatic carbocycles. The van der Waals surface area contributed by atoms with Crippen LogP contribution < -0.4 is 15.5 Å². The Hall–Kier alpha value is -4.91. The summed E-state index contributed by atoms with van der Waals surface area (Å²) >= 11 is 0. The van der Waals surface area contributed by atoms with Crippen molar-refractivity contribution in [2.75, 3.05) is 10.2 Å². The maximum atomic E-state index is 13.8. The van der Waals surface area contributed by atoms with Crippen LogP contribution in [0.3, 0.4) is 0 Å². The van der Waals surface area contributed by atoms with Gasteiger partial charge in [0.05, 0.1) is 12.8 Å². The monoisotopic (exact) mass is 549 g/mol. The van der Waals surface area contributed by atoms with Gasteiger partial charge in [0.1, 0.15) is 11.8 Å². The van der Waals surface area contributed by atoms with Crippen molar-refractivity contribution in [2.45, 2.75) is 46.2 Å². The van der Waals surface area contributed by atoms with Crippen LogP contribution in [-0.4, -0.2) is 17.7 Å². The fourth-order valence-electron chi connectivity index (χ4n) is 4.32. The van der Waals surface area contributed by atoms with E-state index in [1.807, 2.05) is 74.5 Å². The molecule has 3 aromatic carbocycles. The van der Waals surface area contributed by atoms with Crippen molar-refractivity contribution in [3.63, 3.8) is 0 Å². The van der Waals surface area contributed by atoms with E-state index in [9.17, 15) is 14.4 Å². The average molecular weight is 550 g/mol. The van der Waals surface area contributed by atoms with E-state index in [0.29, 0.717) is 28.6 Å². The number of hydrogen-bond acceptors (Lipinski definition) is 4. The van der Waals surface area contributed by atoms with Crippen LogP contribution in [0, 0.1) is 13.8 Å². The summed E-state index contributed by atoms with van der Waals surface area (Å²) in [5, 5.41) is 5.67. The normalized spacial score (nSPS) is 11.8. The van der Waals surface area contributed by atoms with Gasteiger partial charge in [-0.2, -0.15) is 0 Å². The first-order chi connectivity index (χ1) is 19.7. The highest BCUT2D eigenvalue weighted by Crippen LogP contribution is 2.30. The van der Waals surface area contributed by atoms with Gasteiger partial charge in [0.2, 0.25) is 11.8 Å². The lowest BCUT2D eigenvalue weighted by Gasteiger charge is -2.31. The van der Waals surface area contributed by atoms with Gasteiger partial charge in [-0.15, -0.1) is 0 Å². The van der Waals surface area contributed by atoms with Crippen LogP contribution in [0.1, 0.15) is 53.8 Å². The SMILES string of the molecule is Cc1ccc(NC(=O)/C=C\C(=O)N(c2ccc(C(C)C)cc2)C(C(=O)NCc2ccco2)c2ccc(C)cc2)cc1. The minimum absolute atomic E-state index is 0.164. The molecular weight excluding hydrogens is 514 g/mol. The number of anilines is 2. The molecule has 1 unspecified atom stereocenters. The third-order valence-electron chi connectivity index (χ3n) is 6.69. The molecule has 0 radical (unpaired) electrons. The standard InChI is InChI=1S/C34H35N3O4/c1-23(2)26-13-17-29(18-14-26)37(32(39)20-19-31(38)36-28-15-9-25(4)10-16-28)33(27-11-7-24(3)8-12-27)34(40)35-22-30-6-5-21-41-30/h5-21,23,33H,22H2,1-4H3,(H,35,40)(H,36,38)/b20-19-. The number of hydrogen-bond donors (Lipinski definition) is 2. The summed E-state index contributed by atoms with van der Waals surface area (Å²) in [6.07, 6.45) is 3.92. The third kappa shape index (κ3) is 7.82. The third-order valence-corrected chi connectivity index (χ3v) is 6.69. The molecule has 0 aliphatic rings. The van der Waals surface area contributed by atoms with E-state index in [2.05, 4.69) is 24.5 Å². The maximum absolute atomic E-state index is 13.8. The first-order valence-corrected chi connectivity index (χ1v) is 13.6. The van der Waals surface area contributed by atoms with E-state index in [1.165, 1.54) is 23.3 Å². The summed E-state index contributed by atoms with van der Waals surface area (Å²) < 4.78 is 5.38. The highest BCUT2D eigenvalue weighted by molar-refractivity contribution is 6.10. The Labute approximate surface area is 240 Å². The number of benzene rings is 3. The molecule has 0 bridgehead atoms. The van der Waals surface area contributed by atoms with Gasteiger partial charge in [-0.05, 0) is 67.3 Å². The molecule has 0 saturated heterocycles. The molecule has 0 fully saturated rings. The molecule has 7 heteroatoms. The zero-order valence-electron chi connectivity index (χ0n) is 23.8. The summed E-state index contributed by atoms with van der Waals surface area (Å²) in [5.41, 5.74) is 4.97. The van der Waals surface area contributed by atoms with Gasteiger partial charge >= 0.3 is 0 Å². The molecular formula is C34H35N3O4. The lowest BCUT2D eigenvalue weighted by atomic mass is 9.99. The van der Waals surface area contributed by atoms with Gasteiger partial charge in [0, 0.05) is 23.5 Å². The predicted molar refractivity (Wildman–Crippen MR) is 161 cm³/mol. The van der Waals surface area contributed by atoms with Crippen LogP contribution in [-0.2, 0) is 20.9 Å². The first-order valence-electron chi connectivity index (χ1n) is 13.6. The van der Waals surface area contributed by atoms with Crippen molar-refractivity contribution in [3.8, 4) is 0 Å². The summed E-state index contributed by atoms with van der Waals surface area (Å²) in [5.74, 6) is -0.466. The number of carbonyl (C=O) groups excluding carboxylic acids is 3. The lowest BCUT2D eigenvalue weighted by Crippen LogP contribution is -2.43. The molecule has 4 rings (SSSR count). The van der Waals surface area contributed by atoms with E-state index in [4.69, 9.17) is 4.42 Å². The zero-order valence-corrected chi connectivity index (χ0v) is 23.8.